The minimum atomic E-state index is -5.25. The van der Waals surface area contributed by atoms with Crippen LogP contribution in [0.25, 0.3) is 38.2 Å². The average molecular weight is 666 g/mol. The summed E-state index contributed by atoms with van der Waals surface area (Å²) in [6, 6.07) is 13.9. The molecule has 4 aromatic heterocycles. The maximum atomic E-state index is 13.5. The lowest BCUT2D eigenvalue weighted by Crippen LogP contribution is -2.28. The number of nitrogens with zero attached hydrogens (tertiary/aromatic N) is 6. The number of aromatic nitrogens is 7. The number of H-pyrrole nitrogens is 1. The Kier molecular flexibility index (Phi) is 7.28. The van der Waals surface area contributed by atoms with Crippen molar-refractivity contribution in [2.75, 3.05) is 0 Å². The maximum Gasteiger partial charge on any atom is 0.491 e. The van der Waals surface area contributed by atoms with Gasteiger partial charge in [-0.05, 0) is 75.5 Å². The van der Waals surface area contributed by atoms with Crippen molar-refractivity contribution in [3.8, 4) is 28.1 Å². The van der Waals surface area contributed by atoms with E-state index in [4.69, 9.17) is 11.6 Å². The number of nitrogens with one attached hydrogen (secondary N) is 1. The Morgan fingerprint density at radius 3 is 2.74 bits per heavy atom. The number of fused-ring (bicyclic) bond motifs is 2. The Balaban J connectivity index is 1.13. The van der Waals surface area contributed by atoms with Crippen LogP contribution in [0.2, 0.25) is 5.02 Å². The molecule has 1 aliphatic heterocycles. The summed E-state index contributed by atoms with van der Waals surface area (Å²) < 4.78 is 45.2. The fourth-order valence-corrected chi connectivity index (χ4v) is 6.79. The van der Waals surface area contributed by atoms with Crippen LogP contribution >= 0.6 is 22.9 Å². The summed E-state index contributed by atoms with van der Waals surface area (Å²) in [7, 11) is 0. The van der Waals surface area contributed by atoms with Crippen molar-refractivity contribution in [1.29, 1.82) is 0 Å². The molecule has 1 atom stereocenters. The lowest BCUT2D eigenvalue weighted by Gasteiger charge is -2.15. The van der Waals surface area contributed by atoms with Crippen LogP contribution < -0.4 is 5.56 Å². The molecule has 1 aliphatic rings. The number of imidazole rings is 1. The number of pyridine rings is 1. The largest absolute Gasteiger partial charge is 0.491 e. The Bertz CT molecular complexity index is 2210. The minimum absolute atomic E-state index is 0.196. The topological polar surface area (TPSA) is 138 Å². The first-order chi connectivity index (χ1) is 22.0. The Hall–Kier alpha value is -5.15. The predicted octanol–water partition coefficient (Wildman–Crippen LogP) is 5.46. The van der Waals surface area contributed by atoms with E-state index in [1.165, 1.54) is 22.3 Å². The van der Waals surface area contributed by atoms with E-state index in [-0.39, 0.29) is 11.6 Å². The number of tetrazole rings is 1. The van der Waals surface area contributed by atoms with Gasteiger partial charge >= 0.3 is 18.1 Å². The first-order valence-electron chi connectivity index (χ1n) is 13.7. The van der Waals surface area contributed by atoms with E-state index in [0.29, 0.717) is 57.1 Å². The first kappa shape index (κ1) is 29.6. The molecule has 5 heterocycles. The van der Waals surface area contributed by atoms with Gasteiger partial charge in [-0.3, -0.25) is 9.59 Å². The van der Waals surface area contributed by atoms with Gasteiger partial charge in [0, 0.05) is 32.6 Å². The number of esters is 2. The fourth-order valence-electron chi connectivity index (χ4n) is 5.61. The number of benzene rings is 2. The molecular weight excluding hydrogens is 647 g/mol. The van der Waals surface area contributed by atoms with Crippen molar-refractivity contribution in [3.63, 3.8) is 0 Å². The second kappa shape index (κ2) is 11.3. The highest BCUT2D eigenvalue weighted by molar-refractivity contribution is 7.17. The van der Waals surface area contributed by atoms with E-state index in [0.717, 1.165) is 16.0 Å². The summed E-state index contributed by atoms with van der Waals surface area (Å²) in [4.78, 5) is 44.3. The summed E-state index contributed by atoms with van der Waals surface area (Å²) in [5, 5.41) is 14.2. The smallest absolute Gasteiger partial charge is 0.386 e. The predicted molar refractivity (Wildman–Crippen MR) is 161 cm³/mol. The van der Waals surface area contributed by atoms with E-state index in [1.807, 2.05) is 12.1 Å². The molecule has 11 nitrogen and oxygen atoms in total. The van der Waals surface area contributed by atoms with Gasteiger partial charge in [-0.15, -0.1) is 16.4 Å². The van der Waals surface area contributed by atoms with Gasteiger partial charge in [0.05, 0.1) is 30.0 Å². The summed E-state index contributed by atoms with van der Waals surface area (Å²) in [5.74, 6) is -3.22. The zero-order chi connectivity index (χ0) is 32.2. The molecule has 6 aromatic rings. The molecular formula is C30H19ClF3N7O4S. The van der Waals surface area contributed by atoms with E-state index in [1.54, 1.807) is 52.5 Å². The number of hydrogen-bond acceptors (Lipinski definition) is 9. The van der Waals surface area contributed by atoms with Gasteiger partial charge in [0.1, 0.15) is 12.2 Å². The van der Waals surface area contributed by atoms with Crippen LogP contribution in [0.5, 0.6) is 0 Å². The molecule has 0 bridgehead atoms. The molecule has 7 rings (SSSR count). The molecule has 0 saturated heterocycles. The summed E-state index contributed by atoms with van der Waals surface area (Å²) in [6.45, 7) is 0. The van der Waals surface area contributed by atoms with Gasteiger partial charge in [0.25, 0.3) is 5.56 Å². The summed E-state index contributed by atoms with van der Waals surface area (Å²) >= 11 is 7.60. The lowest BCUT2D eigenvalue weighted by atomic mass is 10.0. The van der Waals surface area contributed by atoms with Gasteiger partial charge in [-0.2, -0.15) is 17.9 Å². The molecule has 16 heteroatoms. The minimum Gasteiger partial charge on any atom is -0.386 e. The van der Waals surface area contributed by atoms with Gasteiger partial charge in [0.2, 0.25) is 0 Å². The van der Waals surface area contributed by atoms with Crippen LogP contribution in [-0.2, 0) is 27.2 Å². The standard InChI is InChI=1S/C30H19ClF3N7O4S/c31-18-2-5-23(40-14-36-38-39-40)21(11-18)16-7-19-3-6-24(41(19)26(42)9-16)28-35-12-22(37-28)15-1-4-20-17(13-46-25(20)8-15)10-27(43)45-29(44)30(32,33)34/h1-2,4-5,7-9,11-14,24H,3,6,10H2,(H,35,37)/t24-/m0/s1. The SMILES string of the molecule is O=C(Cc1csc2cc(-c3cnc([C@@H]4CCc5cc(-c6cc(Cl)ccc6-n6cnnn6)cc(=O)n54)[nH]3)ccc12)OC(=O)C(F)(F)F. The molecule has 2 aromatic carbocycles. The van der Waals surface area contributed by atoms with Crippen LogP contribution in [0.15, 0.2) is 71.2 Å². The van der Waals surface area contributed by atoms with Crippen molar-refractivity contribution >= 4 is 45.0 Å². The molecule has 0 unspecified atom stereocenters. The maximum absolute atomic E-state index is 13.5. The number of rotatable bonds is 6. The molecule has 46 heavy (non-hydrogen) atoms. The van der Waals surface area contributed by atoms with Gasteiger partial charge in [0.15, 0.2) is 0 Å². The van der Waals surface area contributed by atoms with E-state index < -0.39 is 24.5 Å². The van der Waals surface area contributed by atoms with Crippen LogP contribution in [0, 0.1) is 0 Å². The second-order valence-electron chi connectivity index (χ2n) is 10.5. The highest BCUT2D eigenvalue weighted by Crippen LogP contribution is 2.35. The third-order valence-corrected chi connectivity index (χ3v) is 8.88. The highest BCUT2D eigenvalue weighted by atomic mass is 35.5. The van der Waals surface area contributed by atoms with Gasteiger partial charge in [-0.25, -0.2) is 9.78 Å². The summed E-state index contributed by atoms with van der Waals surface area (Å²) in [6.07, 6.45) is -1.29. The molecule has 1 N–H and O–H groups in total. The number of thiophene rings is 1. The highest BCUT2D eigenvalue weighted by Gasteiger charge is 2.42. The quantitative estimate of drug-likeness (QED) is 0.183. The molecule has 0 radical (unpaired) electrons. The number of aryl methyl sites for hydroxylation is 1. The first-order valence-corrected chi connectivity index (χ1v) is 15.0. The van der Waals surface area contributed by atoms with Gasteiger partial charge in [-0.1, -0.05) is 23.7 Å². The lowest BCUT2D eigenvalue weighted by molar-refractivity contribution is -0.201. The molecule has 0 saturated carbocycles. The van der Waals surface area contributed by atoms with Crippen LogP contribution in [-0.4, -0.2) is 52.9 Å². The van der Waals surface area contributed by atoms with Crippen LogP contribution in [0.1, 0.15) is 29.5 Å². The zero-order valence-corrected chi connectivity index (χ0v) is 24.9. The number of ether oxygens (including phenoxy) is 1. The van der Waals surface area contributed by atoms with Crippen molar-refractivity contribution in [2.24, 2.45) is 0 Å². The van der Waals surface area contributed by atoms with E-state index in [9.17, 15) is 27.6 Å². The fraction of sp³-hybridized carbons (Fsp3) is 0.167. The second-order valence-corrected chi connectivity index (χ2v) is 11.9. The Morgan fingerprint density at radius 2 is 1.96 bits per heavy atom. The molecule has 0 aliphatic carbocycles. The summed E-state index contributed by atoms with van der Waals surface area (Å²) in [5.41, 5.74) is 4.65. The number of hydrogen-bond donors (Lipinski definition) is 1. The molecule has 0 amide bonds. The Labute approximate surface area is 265 Å². The van der Waals surface area contributed by atoms with Crippen molar-refractivity contribution in [3.05, 3.63) is 98.9 Å². The van der Waals surface area contributed by atoms with Crippen LogP contribution in [0.3, 0.4) is 0 Å². The molecule has 232 valence electrons. The monoisotopic (exact) mass is 665 g/mol. The molecule has 0 spiro atoms. The third kappa shape index (κ3) is 5.47. The van der Waals surface area contributed by atoms with Crippen LogP contribution in [0.4, 0.5) is 13.2 Å². The average Bonchev–Trinajstić information content (AvgIpc) is 3.83. The number of halogens is 4. The third-order valence-electron chi connectivity index (χ3n) is 7.65. The normalized spacial score (nSPS) is 14.5. The number of alkyl halides is 3. The Morgan fingerprint density at radius 1 is 1.11 bits per heavy atom. The molecule has 0 fully saturated rings. The zero-order valence-electron chi connectivity index (χ0n) is 23.3. The van der Waals surface area contributed by atoms with Crippen molar-refractivity contribution < 1.29 is 27.5 Å². The number of carbonyl (C=O) groups excluding carboxylic acids is 2. The number of aromatic amines is 1. The number of carbonyl (C=O) groups is 2. The van der Waals surface area contributed by atoms with Crippen molar-refractivity contribution in [2.45, 2.75) is 31.5 Å². The van der Waals surface area contributed by atoms with Gasteiger partial charge < -0.3 is 14.3 Å². The van der Waals surface area contributed by atoms with E-state index >= 15 is 0 Å². The van der Waals surface area contributed by atoms with E-state index in [2.05, 4.69) is 30.2 Å². The van der Waals surface area contributed by atoms with Crippen molar-refractivity contribution in [1.82, 2.24) is 34.7 Å².